The molecule has 0 unspecified atom stereocenters. The van der Waals surface area contributed by atoms with Crippen molar-refractivity contribution in [3.63, 3.8) is 0 Å². The van der Waals surface area contributed by atoms with Crippen LogP contribution in [-0.4, -0.2) is 34.1 Å². The average molecular weight is 268 g/mol. The van der Waals surface area contributed by atoms with Gasteiger partial charge in [-0.05, 0) is 18.6 Å². The predicted molar refractivity (Wildman–Crippen MR) is 67.2 cm³/mol. The molecule has 0 aliphatic heterocycles. The summed E-state index contributed by atoms with van der Waals surface area (Å²) < 4.78 is 0. The molecule has 0 saturated heterocycles. The van der Waals surface area contributed by atoms with Crippen LogP contribution in [0.1, 0.15) is 23.2 Å². The van der Waals surface area contributed by atoms with Gasteiger partial charge in [-0.2, -0.15) is 0 Å². The first kappa shape index (κ1) is 16.6. The normalized spacial score (nSPS) is 10.9. The maximum atomic E-state index is 11.7. The van der Waals surface area contributed by atoms with Gasteiger partial charge in [0.2, 0.25) is 0 Å². The fraction of sp³-hybridized carbons (Fsp3) is 0.250. The Morgan fingerprint density at radius 2 is 1.68 bits per heavy atom. The summed E-state index contributed by atoms with van der Waals surface area (Å²) in [5.41, 5.74) is 0.332. The van der Waals surface area contributed by atoms with Crippen molar-refractivity contribution in [2.24, 2.45) is 0 Å². The van der Waals surface area contributed by atoms with Crippen molar-refractivity contribution in [3.8, 4) is 0 Å². The highest BCUT2D eigenvalue weighted by Crippen LogP contribution is 2.02. The van der Waals surface area contributed by atoms with E-state index in [9.17, 15) is 14.4 Å². The fourth-order valence-electron chi connectivity index (χ4n) is 1.36. The number of nitrogens with one attached hydrogen (secondary N) is 1. The highest BCUT2D eigenvalue weighted by Gasteiger charge is 2.21. The molecule has 0 radical (unpaired) electrons. The van der Waals surface area contributed by atoms with Gasteiger partial charge in [0.25, 0.3) is 5.91 Å². The summed E-state index contributed by atoms with van der Waals surface area (Å²) in [5.74, 6) is -2.89. The second-order valence-corrected chi connectivity index (χ2v) is 3.66. The maximum Gasteiger partial charge on any atom is 0.326 e. The van der Waals surface area contributed by atoms with Crippen LogP contribution in [0.4, 0.5) is 0 Å². The molecule has 6 N–H and O–H groups in total. The topological polar surface area (TPSA) is 139 Å². The van der Waals surface area contributed by atoms with Crippen molar-refractivity contribution in [2.75, 3.05) is 0 Å². The second-order valence-electron chi connectivity index (χ2n) is 3.66. The van der Waals surface area contributed by atoms with Crippen LogP contribution < -0.4 is 11.5 Å². The zero-order valence-corrected chi connectivity index (χ0v) is 10.2. The van der Waals surface area contributed by atoms with Crippen molar-refractivity contribution in [3.05, 3.63) is 35.9 Å². The molecule has 0 aliphatic rings. The van der Waals surface area contributed by atoms with E-state index < -0.39 is 23.9 Å². The van der Waals surface area contributed by atoms with Gasteiger partial charge in [-0.25, -0.2) is 4.79 Å². The number of benzene rings is 1. The SMILES string of the molecule is N.O=C(O)CC[C@H](NC(=O)c1ccccc1)C(=O)O. The van der Waals surface area contributed by atoms with Gasteiger partial charge in [-0.15, -0.1) is 0 Å². The Labute approximate surface area is 109 Å². The van der Waals surface area contributed by atoms with E-state index in [2.05, 4.69) is 5.32 Å². The number of carboxylic acids is 2. The molecular weight excluding hydrogens is 252 g/mol. The molecule has 1 aromatic carbocycles. The minimum absolute atomic E-state index is 0. The van der Waals surface area contributed by atoms with Crippen molar-refractivity contribution >= 4 is 17.8 Å². The minimum Gasteiger partial charge on any atom is -0.481 e. The quantitative estimate of drug-likeness (QED) is 0.604. The summed E-state index contributed by atoms with van der Waals surface area (Å²) in [6.07, 6.45) is -0.463. The molecule has 1 aromatic rings. The van der Waals surface area contributed by atoms with Gasteiger partial charge >= 0.3 is 11.9 Å². The molecule has 1 amide bonds. The molecule has 7 nitrogen and oxygen atoms in total. The molecule has 0 heterocycles. The van der Waals surface area contributed by atoms with Gasteiger partial charge in [-0.3, -0.25) is 9.59 Å². The minimum atomic E-state index is -1.25. The number of carboxylic acid groups (broad SMARTS) is 2. The molecule has 7 heteroatoms. The molecule has 0 fully saturated rings. The first-order valence-corrected chi connectivity index (χ1v) is 5.31. The van der Waals surface area contributed by atoms with Gasteiger partial charge in [0.15, 0.2) is 0 Å². The Balaban J connectivity index is 0.00000324. The monoisotopic (exact) mass is 268 g/mol. The molecule has 19 heavy (non-hydrogen) atoms. The van der Waals surface area contributed by atoms with Crippen LogP contribution in [-0.2, 0) is 9.59 Å². The third kappa shape index (κ3) is 5.64. The van der Waals surface area contributed by atoms with E-state index >= 15 is 0 Å². The molecule has 1 rings (SSSR count). The van der Waals surface area contributed by atoms with E-state index in [1.165, 1.54) is 0 Å². The van der Waals surface area contributed by atoms with Crippen LogP contribution in [0.3, 0.4) is 0 Å². The van der Waals surface area contributed by atoms with Gasteiger partial charge in [0.05, 0.1) is 0 Å². The summed E-state index contributed by atoms with van der Waals surface area (Å²) in [5, 5.41) is 19.7. The lowest BCUT2D eigenvalue weighted by molar-refractivity contribution is -0.140. The molecule has 0 bridgehead atoms. The first-order chi connectivity index (χ1) is 8.50. The maximum absolute atomic E-state index is 11.7. The number of hydrogen-bond donors (Lipinski definition) is 4. The summed E-state index contributed by atoms with van der Waals surface area (Å²) in [7, 11) is 0. The van der Waals surface area contributed by atoms with Crippen LogP contribution in [0.5, 0.6) is 0 Å². The fourth-order valence-corrected chi connectivity index (χ4v) is 1.36. The summed E-state index contributed by atoms with van der Waals surface area (Å²) in [6, 6.07) is 6.94. The van der Waals surface area contributed by atoms with Crippen LogP contribution >= 0.6 is 0 Å². The van der Waals surface area contributed by atoms with Gasteiger partial charge in [-0.1, -0.05) is 18.2 Å². The Kier molecular flexibility index (Phi) is 6.83. The number of hydrogen-bond acceptors (Lipinski definition) is 4. The lowest BCUT2D eigenvalue weighted by atomic mass is 10.1. The van der Waals surface area contributed by atoms with Crippen LogP contribution in [0, 0.1) is 0 Å². The number of carbonyl (C=O) groups excluding carboxylic acids is 1. The Morgan fingerprint density at radius 3 is 2.16 bits per heavy atom. The zero-order valence-electron chi connectivity index (χ0n) is 10.2. The second kappa shape index (κ2) is 7.83. The third-order valence-corrected chi connectivity index (χ3v) is 2.29. The Hall–Kier alpha value is -2.41. The van der Waals surface area contributed by atoms with E-state index in [1.807, 2.05) is 0 Å². The lowest BCUT2D eigenvalue weighted by Gasteiger charge is -2.13. The molecule has 1 atom stereocenters. The van der Waals surface area contributed by atoms with Crippen LogP contribution in [0.15, 0.2) is 30.3 Å². The molecule has 104 valence electrons. The summed E-state index contributed by atoms with van der Waals surface area (Å²) in [4.78, 5) is 32.9. The molecular formula is C12H16N2O5. The summed E-state index contributed by atoms with van der Waals surface area (Å²) >= 11 is 0. The highest BCUT2D eigenvalue weighted by atomic mass is 16.4. The van der Waals surface area contributed by atoms with E-state index in [1.54, 1.807) is 30.3 Å². The Morgan fingerprint density at radius 1 is 1.11 bits per heavy atom. The van der Waals surface area contributed by atoms with E-state index in [4.69, 9.17) is 10.2 Å². The first-order valence-electron chi connectivity index (χ1n) is 5.31. The van der Waals surface area contributed by atoms with Gasteiger partial charge < -0.3 is 21.7 Å². The Bertz CT molecular complexity index is 447. The van der Waals surface area contributed by atoms with E-state index in [0.29, 0.717) is 5.56 Å². The van der Waals surface area contributed by atoms with Crippen LogP contribution in [0.25, 0.3) is 0 Å². The molecule has 0 saturated carbocycles. The van der Waals surface area contributed by atoms with Crippen LogP contribution in [0.2, 0.25) is 0 Å². The molecule has 0 spiro atoms. The van der Waals surface area contributed by atoms with Gasteiger partial charge in [0, 0.05) is 12.0 Å². The standard InChI is InChI=1S/C12H13NO5.H3N/c14-10(15)7-6-9(12(17)18)13-11(16)8-4-2-1-3-5-8;/h1-5,9H,6-7H2,(H,13,16)(H,14,15)(H,17,18);1H3/t9-;/m0./s1. The number of carbonyl (C=O) groups is 3. The lowest BCUT2D eigenvalue weighted by Crippen LogP contribution is -2.41. The number of amides is 1. The largest absolute Gasteiger partial charge is 0.481 e. The van der Waals surface area contributed by atoms with Crippen molar-refractivity contribution in [1.29, 1.82) is 0 Å². The molecule has 0 aromatic heterocycles. The molecule has 0 aliphatic carbocycles. The van der Waals surface area contributed by atoms with Crippen molar-refractivity contribution in [1.82, 2.24) is 11.5 Å². The number of aliphatic carboxylic acids is 2. The average Bonchev–Trinajstić information content (AvgIpc) is 2.34. The van der Waals surface area contributed by atoms with E-state index in [-0.39, 0.29) is 19.0 Å². The summed E-state index contributed by atoms with van der Waals surface area (Å²) in [6.45, 7) is 0. The van der Waals surface area contributed by atoms with Crippen molar-refractivity contribution < 1.29 is 24.6 Å². The van der Waals surface area contributed by atoms with Gasteiger partial charge in [0.1, 0.15) is 6.04 Å². The third-order valence-electron chi connectivity index (χ3n) is 2.29. The van der Waals surface area contributed by atoms with Crippen molar-refractivity contribution in [2.45, 2.75) is 18.9 Å². The smallest absolute Gasteiger partial charge is 0.326 e. The van der Waals surface area contributed by atoms with E-state index in [0.717, 1.165) is 0 Å². The number of rotatable bonds is 6. The predicted octanol–water partition coefficient (Wildman–Crippen LogP) is 0.896. The highest BCUT2D eigenvalue weighted by molar-refractivity contribution is 5.96. The zero-order chi connectivity index (χ0) is 13.5.